The Morgan fingerprint density at radius 2 is 2.20 bits per heavy atom. The van der Waals surface area contributed by atoms with Crippen molar-refractivity contribution in [3.8, 4) is 6.07 Å². The Balaban J connectivity index is 2.00. The van der Waals surface area contributed by atoms with Gasteiger partial charge >= 0.3 is 0 Å². The maximum absolute atomic E-state index is 12.2. The molecule has 1 aliphatic heterocycles. The molecule has 1 aliphatic rings. The molecule has 5 nitrogen and oxygen atoms in total. The summed E-state index contributed by atoms with van der Waals surface area (Å²) >= 11 is 6.01. The molecule has 1 N–H and O–H groups in total. The van der Waals surface area contributed by atoms with E-state index in [1.165, 1.54) is 0 Å². The average Bonchev–Trinajstić information content (AvgIpc) is 2.48. The Morgan fingerprint density at radius 1 is 1.50 bits per heavy atom. The number of hydrogen-bond donors (Lipinski definition) is 1. The fraction of sp³-hybridized carbons (Fsp3) is 0.429. The van der Waals surface area contributed by atoms with E-state index in [0.29, 0.717) is 17.1 Å². The Kier molecular flexibility index (Phi) is 4.83. The number of rotatable bonds is 3. The number of benzene rings is 1. The highest BCUT2D eigenvalue weighted by atomic mass is 35.5. The number of piperazine rings is 1. The van der Waals surface area contributed by atoms with Crippen molar-refractivity contribution in [1.29, 1.82) is 5.26 Å². The van der Waals surface area contributed by atoms with Crippen LogP contribution in [0.4, 0.5) is 5.69 Å². The summed E-state index contributed by atoms with van der Waals surface area (Å²) in [4.78, 5) is 15.9. The van der Waals surface area contributed by atoms with E-state index in [0.717, 1.165) is 31.9 Å². The molecule has 0 bridgehead atoms. The molecule has 0 radical (unpaired) electrons. The van der Waals surface area contributed by atoms with Gasteiger partial charge < -0.3 is 15.1 Å². The highest BCUT2D eigenvalue weighted by Crippen LogP contribution is 2.22. The lowest BCUT2D eigenvalue weighted by atomic mass is 10.2. The van der Waals surface area contributed by atoms with Gasteiger partial charge in [0, 0.05) is 38.9 Å². The predicted octanol–water partition coefficient (Wildman–Crippen LogP) is 1.08. The van der Waals surface area contributed by atoms with Crippen molar-refractivity contribution in [3.05, 3.63) is 28.8 Å². The first kappa shape index (κ1) is 14.6. The Morgan fingerprint density at radius 3 is 2.80 bits per heavy atom. The molecule has 0 aliphatic carbocycles. The van der Waals surface area contributed by atoms with Gasteiger partial charge in [0.25, 0.3) is 0 Å². The number of amides is 1. The van der Waals surface area contributed by atoms with Gasteiger partial charge in [0.05, 0.1) is 17.1 Å². The molecule has 0 unspecified atom stereocenters. The maximum atomic E-state index is 12.2. The molecular formula is C14H17ClN4O. The summed E-state index contributed by atoms with van der Waals surface area (Å²) in [5.41, 5.74) is 1.27. The fourth-order valence-electron chi connectivity index (χ4n) is 2.14. The van der Waals surface area contributed by atoms with Crippen LogP contribution in [0.2, 0.25) is 5.02 Å². The minimum atomic E-state index is 0.106. The monoisotopic (exact) mass is 292 g/mol. The summed E-state index contributed by atoms with van der Waals surface area (Å²) in [6, 6.07) is 7.21. The molecule has 20 heavy (non-hydrogen) atoms. The zero-order valence-corrected chi connectivity index (χ0v) is 12.2. The lowest BCUT2D eigenvalue weighted by Crippen LogP contribution is -2.49. The van der Waals surface area contributed by atoms with Gasteiger partial charge in [-0.15, -0.1) is 0 Å². The normalized spacial score (nSPS) is 14.8. The third kappa shape index (κ3) is 3.41. The number of hydrogen-bond acceptors (Lipinski definition) is 4. The third-order valence-corrected chi connectivity index (χ3v) is 3.67. The smallest absolute Gasteiger partial charge is 0.242 e. The molecule has 0 aromatic heterocycles. The molecule has 2 rings (SSSR count). The quantitative estimate of drug-likeness (QED) is 0.906. The predicted molar refractivity (Wildman–Crippen MR) is 78.9 cm³/mol. The molecule has 0 atom stereocenters. The molecule has 1 aromatic carbocycles. The molecule has 106 valence electrons. The van der Waals surface area contributed by atoms with Crippen LogP contribution in [0, 0.1) is 11.3 Å². The van der Waals surface area contributed by atoms with Crippen molar-refractivity contribution in [2.24, 2.45) is 0 Å². The first-order chi connectivity index (χ1) is 9.61. The molecular weight excluding hydrogens is 276 g/mol. The number of halogens is 1. The van der Waals surface area contributed by atoms with Crippen LogP contribution in [0.1, 0.15) is 5.56 Å². The number of carbonyl (C=O) groups excluding carboxylic acids is 1. The van der Waals surface area contributed by atoms with Crippen LogP contribution in [0.3, 0.4) is 0 Å². The zero-order valence-electron chi connectivity index (χ0n) is 11.4. The van der Waals surface area contributed by atoms with Crippen molar-refractivity contribution < 1.29 is 4.79 Å². The first-order valence-electron chi connectivity index (χ1n) is 6.51. The second-order valence-corrected chi connectivity index (χ2v) is 5.17. The molecule has 1 heterocycles. The number of nitrogens with zero attached hydrogens (tertiary/aromatic N) is 3. The molecule has 1 fully saturated rings. The van der Waals surface area contributed by atoms with Crippen LogP contribution >= 0.6 is 11.6 Å². The van der Waals surface area contributed by atoms with Gasteiger partial charge in [0.1, 0.15) is 6.07 Å². The lowest BCUT2D eigenvalue weighted by Gasteiger charge is -2.29. The number of nitrogens with one attached hydrogen (secondary N) is 1. The molecule has 6 heteroatoms. The highest BCUT2D eigenvalue weighted by Gasteiger charge is 2.18. The van der Waals surface area contributed by atoms with Gasteiger partial charge in [0.2, 0.25) is 5.91 Å². The van der Waals surface area contributed by atoms with Crippen molar-refractivity contribution in [1.82, 2.24) is 10.2 Å². The van der Waals surface area contributed by atoms with Gasteiger partial charge in [-0.25, -0.2) is 0 Å². The van der Waals surface area contributed by atoms with Crippen LogP contribution in [-0.2, 0) is 4.79 Å². The molecule has 0 saturated carbocycles. The van der Waals surface area contributed by atoms with E-state index in [4.69, 9.17) is 16.9 Å². The maximum Gasteiger partial charge on any atom is 0.242 e. The lowest BCUT2D eigenvalue weighted by molar-refractivity contribution is -0.130. The fourth-order valence-corrected chi connectivity index (χ4v) is 2.36. The summed E-state index contributed by atoms with van der Waals surface area (Å²) in [5, 5.41) is 12.5. The first-order valence-corrected chi connectivity index (χ1v) is 6.89. The van der Waals surface area contributed by atoms with Gasteiger partial charge in [-0.2, -0.15) is 5.26 Å². The number of anilines is 1. The largest absolute Gasteiger partial charge is 0.365 e. The number of carbonyl (C=O) groups is 1. The van der Waals surface area contributed by atoms with Gasteiger partial charge in [-0.05, 0) is 18.2 Å². The van der Waals surface area contributed by atoms with E-state index in [9.17, 15) is 4.79 Å². The van der Waals surface area contributed by atoms with E-state index in [-0.39, 0.29) is 5.91 Å². The zero-order chi connectivity index (χ0) is 14.5. The topological polar surface area (TPSA) is 59.4 Å². The number of likely N-dealkylation sites (N-methyl/N-ethyl adjacent to an activating group) is 1. The van der Waals surface area contributed by atoms with Gasteiger partial charge in [-0.3, -0.25) is 4.79 Å². The summed E-state index contributed by atoms with van der Waals surface area (Å²) in [6.07, 6.45) is 0. The minimum absolute atomic E-state index is 0.106. The van der Waals surface area contributed by atoms with Crippen molar-refractivity contribution in [2.45, 2.75) is 0 Å². The molecule has 1 amide bonds. The van der Waals surface area contributed by atoms with E-state index in [1.54, 1.807) is 18.2 Å². The van der Waals surface area contributed by atoms with E-state index in [2.05, 4.69) is 5.32 Å². The standard InChI is InChI=1S/C14H17ClN4O/c1-18(10-14(20)19-6-4-17-5-7-19)12-3-2-11(9-16)13(15)8-12/h2-3,8,17H,4-7,10H2,1H3. The Labute approximate surface area is 123 Å². The van der Waals surface area contributed by atoms with Crippen LogP contribution in [0.5, 0.6) is 0 Å². The van der Waals surface area contributed by atoms with Crippen LogP contribution in [0.15, 0.2) is 18.2 Å². The highest BCUT2D eigenvalue weighted by molar-refractivity contribution is 6.32. The molecule has 1 saturated heterocycles. The molecule has 0 spiro atoms. The van der Waals surface area contributed by atoms with E-state index in [1.807, 2.05) is 22.9 Å². The van der Waals surface area contributed by atoms with Gasteiger partial charge in [-0.1, -0.05) is 11.6 Å². The third-order valence-electron chi connectivity index (χ3n) is 3.36. The number of nitriles is 1. The second-order valence-electron chi connectivity index (χ2n) is 4.76. The van der Waals surface area contributed by atoms with E-state index < -0.39 is 0 Å². The summed E-state index contributed by atoms with van der Waals surface area (Å²) in [5.74, 6) is 0.106. The average molecular weight is 293 g/mol. The van der Waals surface area contributed by atoms with Crippen molar-refractivity contribution in [3.63, 3.8) is 0 Å². The molecule has 1 aromatic rings. The minimum Gasteiger partial charge on any atom is -0.365 e. The summed E-state index contributed by atoms with van der Waals surface area (Å²) in [7, 11) is 1.85. The van der Waals surface area contributed by atoms with Crippen LogP contribution < -0.4 is 10.2 Å². The summed E-state index contributed by atoms with van der Waals surface area (Å²) in [6.45, 7) is 3.50. The van der Waals surface area contributed by atoms with Crippen molar-refractivity contribution >= 4 is 23.2 Å². The SMILES string of the molecule is CN(CC(=O)N1CCNCC1)c1ccc(C#N)c(Cl)c1. The second kappa shape index (κ2) is 6.60. The van der Waals surface area contributed by atoms with Crippen LogP contribution in [0.25, 0.3) is 0 Å². The van der Waals surface area contributed by atoms with Crippen molar-refractivity contribution in [2.75, 3.05) is 44.7 Å². The van der Waals surface area contributed by atoms with Gasteiger partial charge in [0.15, 0.2) is 0 Å². The van der Waals surface area contributed by atoms with Crippen LogP contribution in [-0.4, -0.2) is 50.6 Å². The Hall–Kier alpha value is -1.77. The van der Waals surface area contributed by atoms with E-state index >= 15 is 0 Å². The Bertz CT molecular complexity index is 534. The summed E-state index contributed by atoms with van der Waals surface area (Å²) < 4.78 is 0.